The van der Waals surface area contributed by atoms with Gasteiger partial charge in [0.15, 0.2) is 5.17 Å². The molecule has 2 amide bonds. The fourth-order valence-electron chi connectivity index (χ4n) is 3.66. The summed E-state index contributed by atoms with van der Waals surface area (Å²) in [4.78, 5) is 32.4. The fourth-order valence-corrected chi connectivity index (χ4v) is 4.94. The van der Waals surface area contributed by atoms with Crippen LogP contribution in [-0.2, 0) is 22.4 Å². The summed E-state index contributed by atoms with van der Waals surface area (Å²) in [7, 11) is 0. The Morgan fingerprint density at radius 1 is 0.941 bits per heavy atom. The summed E-state index contributed by atoms with van der Waals surface area (Å²) in [6.45, 7) is 1.03. The highest BCUT2D eigenvalue weighted by Crippen LogP contribution is 2.29. The lowest BCUT2D eigenvalue weighted by Crippen LogP contribution is -2.47. The summed E-state index contributed by atoms with van der Waals surface area (Å²) in [6.07, 6.45) is 1.60. The molecule has 1 aliphatic heterocycles. The molecule has 0 unspecified atom stereocenters. The maximum absolute atomic E-state index is 13.1. The van der Waals surface area contributed by atoms with E-state index < -0.39 is 5.25 Å². The van der Waals surface area contributed by atoms with Gasteiger partial charge in [-0.2, -0.15) is 0 Å². The highest BCUT2D eigenvalue weighted by molar-refractivity contribution is 8.15. The van der Waals surface area contributed by atoms with Crippen molar-refractivity contribution >= 4 is 46.0 Å². The highest BCUT2D eigenvalue weighted by atomic mass is 35.5. The number of nitrogens with zero attached hydrogens (tertiary/aromatic N) is 2. The van der Waals surface area contributed by atoms with Crippen LogP contribution in [0.1, 0.15) is 17.5 Å². The van der Waals surface area contributed by atoms with Gasteiger partial charge < -0.3 is 5.32 Å². The molecule has 1 N–H and O–H groups in total. The number of amidine groups is 1. The number of nitrogens with one attached hydrogen (secondary N) is 1. The van der Waals surface area contributed by atoms with Crippen LogP contribution in [0.25, 0.3) is 0 Å². The van der Waals surface area contributed by atoms with Gasteiger partial charge in [-0.25, -0.2) is 4.99 Å². The van der Waals surface area contributed by atoms with E-state index in [1.807, 2.05) is 60.7 Å². The molecule has 7 heteroatoms. The lowest BCUT2D eigenvalue weighted by molar-refractivity contribution is -0.130. The fraction of sp³-hybridized carbons (Fsp3) is 0.222. The van der Waals surface area contributed by atoms with Gasteiger partial charge in [0.05, 0.1) is 10.9 Å². The van der Waals surface area contributed by atoms with Crippen LogP contribution in [-0.4, -0.2) is 40.2 Å². The van der Waals surface area contributed by atoms with Crippen molar-refractivity contribution in [2.45, 2.75) is 24.5 Å². The Morgan fingerprint density at radius 2 is 1.56 bits per heavy atom. The first-order valence-electron chi connectivity index (χ1n) is 11.3. The average molecular weight is 492 g/mol. The van der Waals surface area contributed by atoms with Gasteiger partial charge in [-0.15, -0.1) is 0 Å². The predicted molar refractivity (Wildman–Crippen MR) is 140 cm³/mol. The van der Waals surface area contributed by atoms with Gasteiger partial charge in [-0.1, -0.05) is 84.0 Å². The van der Waals surface area contributed by atoms with Crippen LogP contribution in [0.5, 0.6) is 0 Å². The van der Waals surface area contributed by atoms with Gasteiger partial charge in [0.25, 0.3) is 0 Å². The average Bonchev–Trinajstić information content (AvgIpc) is 2.86. The molecule has 0 spiro atoms. The van der Waals surface area contributed by atoms with Crippen molar-refractivity contribution in [3.63, 3.8) is 0 Å². The van der Waals surface area contributed by atoms with E-state index in [0.717, 1.165) is 17.5 Å². The zero-order valence-corrected chi connectivity index (χ0v) is 20.3. The van der Waals surface area contributed by atoms with E-state index in [-0.39, 0.29) is 18.2 Å². The first-order valence-corrected chi connectivity index (χ1v) is 12.5. The molecule has 0 bridgehead atoms. The van der Waals surface area contributed by atoms with E-state index in [1.165, 1.54) is 11.8 Å². The van der Waals surface area contributed by atoms with Gasteiger partial charge in [-0.3, -0.25) is 14.5 Å². The van der Waals surface area contributed by atoms with Crippen molar-refractivity contribution in [3.05, 3.63) is 101 Å². The molecule has 4 rings (SSSR count). The molecule has 1 saturated heterocycles. The maximum atomic E-state index is 13.1. The van der Waals surface area contributed by atoms with Gasteiger partial charge in [-0.05, 0) is 48.2 Å². The second-order valence-corrected chi connectivity index (χ2v) is 9.60. The summed E-state index contributed by atoms with van der Waals surface area (Å²) < 4.78 is 0. The topological polar surface area (TPSA) is 61.8 Å². The molecule has 1 fully saturated rings. The number of thioether (sulfide) groups is 1. The first-order chi connectivity index (χ1) is 16.6. The minimum atomic E-state index is -0.512. The van der Waals surface area contributed by atoms with Gasteiger partial charge >= 0.3 is 0 Å². The maximum Gasteiger partial charge on any atom is 0.234 e. The van der Waals surface area contributed by atoms with Crippen molar-refractivity contribution < 1.29 is 9.59 Å². The third-order valence-electron chi connectivity index (χ3n) is 5.51. The van der Waals surface area contributed by atoms with Crippen LogP contribution >= 0.6 is 23.4 Å². The quantitative estimate of drug-likeness (QED) is 0.467. The minimum Gasteiger partial charge on any atom is -0.355 e. The largest absolute Gasteiger partial charge is 0.355 e. The molecule has 0 aliphatic carbocycles. The molecular formula is C27H26ClN3O2S. The molecule has 34 heavy (non-hydrogen) atoms. The van der Waals surface area contributed by atoms with Crippen molar-refractivity contribution in [1.82, 2.24) is 10.2 Å². The molecule has 0 saturated carbocycles. The normalized spacial score (nSPS) is 17.1. The van der Waals surface area contributed by atoms with Gasteiger partial charge in [0.1, 0.15) is 0 Å². The number of carbonyl (C=O) groups is 2. The third kappa shape index (κ3) is 6.72. The molecule has 1 heterocycles. The number of hydrogen-bond donors (Lipinski definition) is 1. The zero-order chi connectivity index (χ0) is 23.8. The molecule has 0 radical (unpaired) electrons. The van der Waals surface area contributed by atoms with Crippen LogP contribution < -0.4 is 5.32 Å². The standard InChI is InChI=1S/C27H26ClN3O2S/c28-22-11-13-23(14-12-22)30-27-31(18-16-21-9-5-2-6-10-21)25(32)19-24(34-27)26(33)29-17-15-20-7-3-1-4-8-20/h1-14,24H,15-19H2,(H,29,33)/t24-/m0/s1. The Labute approximate surface area is 209 Å². The Kier molecular flexibility index (Phi) is 8.39. The number of amides is 2. The summed E-state index contributed by atoms with van der Waals surface area (Å²) >= 11 is 7.35. The number of rotatable bonds is 8. The number of hydrogen-bond acceptors (Lipinski definition) is 4. The monoisotopic (exact) mass is 491 g/mol. The zero-order valence-electron chi connectivity index (χ0n) is 18.7. The summed E-state index contributed by atoms with van der Waals surface area (Å²) in [5, 5.41) is 3.63. The van der Waals surface area contributed by atoms with E-state index in [1.54, 1.807) is 29.2 Å². The molecule has 1 aliphatic rings. The molecule has 174 valence electrons. The summed E-state index contributed by atoms with van der Waals surface area (Å²) in [6, 6.07) is 27.2. The SMILES string of the molecule is O=C(NCCc1ccccc1)[C@@H]1CC(=O)N(CCc2ccccc2)C(=Nc2ccc(Cl)cc2)S1. The van der Waals surface area contributed by atoms with E-state index in [4.69, 9.17) is 16.6 Å². The Balaban J connectivity index is 1.46. The van der Waals surface area contributed by atoms with E-state index in [0.29, 0.717) is 35.4 Å². The third-order valence-corrected chi connectivity index (χ3v) is 6.95. The van der Waals surface area contributed by atoms with Gasteiger partial charge in [0, 0.05) is 24.5 Å². The smallest absolute Gasteiger partial charge is 0.234 e. The van der Waals surface area contributed by atoms with E-state index in [2.05, 4.69) is 5.32 Å². The number of benzene rings is 3. The van der Waals surface area contributed by atoms with Crippen LogP contribution in [0.4, 0.5) is 5.69 Å². The second kappa shape index (κ2) is 11.9. The lowest BCUT2D eigenvalue weighted by atomic mass is 10.1. The first kappa shape index (κ1) is 24.0. The number of halogens is 1. The Morgan fingerprint density at radius 3 is 2.21 bits per heavy atom. The van der Waals surface area contributed by atoms with Crippen molar-refractivity contribution in [2.75, 3.05) is 13.1 Å². The molecule has 0 aromatic heterocycles. The molecule has 3 aromatic carbocycles. The predicted octanol–water partition coefficient (Wildman–Crippen LogP) is 5.26. The Hall–Kier alpha value is -3.09. The van der Waals surface area contributed by atoms with Gasteiger partial charge in [0.2, 0.25) is 11.8 Å². The second-order valence-electron chi connectivity index (χ2n) is 7.99. The highest BCUT2D eigenvalue weighted by Gasteiger charge is 2.35. The number of aliphatic imine (C=N–C) groups is 1. The van der Waals surface area contributed by atoms with Crippen LogP contribution in [0.15, 0.2) is 89.9 Å². The van der Waals surface area contributed by atoms with E-state index >= 15 is 0 Å². The van der Waals surface area contributed by atoms with Crippen molar-refractivity contribution in [3.8, 4) is 0 Å². The van der Waals surface area contributed by atoms with Crippen molar-refractivity contribution in [2.24, 2.45) is 4.99 Å². The van der Waals surface area contributed by atoms with Crippen LogP contribution in [0.2, 0.25) is 5.02 Å². The lowest BCUT2D eigenvalue weighted by Gasteiger charge is -2.32. The summed E-state index contributed by atoms with van der Waals surface area (Å²) in [5.41, 5.74) is 2.99. The number of carbonyl (C=O) groups excluding carboxylic acids is 2. The summed E-state index contributed by atoms with van der Waals surface area (Å²) in [5.74, 6) is -0.230. The minimum absolute atomic E-state index is 0.0920. The molecular weight excluding hydrogens is 466 g/mol. The van der Waals surface area contributed by atoms with Crippen molar-refractivity contribution in [1.29, 1.82) is 0 Å². The molecule has 3 aromatic rings. The molecule has 5 nitrogen and oxygen atoms in total. The van der Waals surface area contributed by atoms with Crippen LogP contribution in [0.3, 0.4) is 0 Å². The van der Waals surface area contributed by atoms with E-state index in [9.17, 15) is 9.59 Å². The molecule has 1 atom stereocenters. The Bertz CT molecular complexity index is 1140. The van der Waals surface area contributed by atoms with Crippen LogP contribution in [0, 0.1) is 0 Å².